The van der Waals surface area contributed by atoms with Gasteiger partial charge < -0.3 is 15.2 Å². The van der Waals surface area contributed by atoms with Crippen LogP contribution in [0.1, 0.15) is 5.56 Å². The number of anilines is 1. The van der Waals surface area contributed by atoms with E-state index in [9.17, 15) is 13.2 Å². The molecule has 21 heavy (non-hydrogen) atoms. The van der Waals surface area contributed by atoms with E-state index in [-0.39, 0.29) is 12.4 Å². The van der Waals surface area contributed by atoms with Crippen molar-refractivity contribution in [3.63, 3.8) is 0 Å². The van der Waals surface area contributed by atoms with Gasteiger partial charge in [-0.1, -0.05) is 28.1 Å². The minimum atomic E-state index is -4.69. The Kier molecular flexibility index (Phi) is 4.62. The Balaban J connectivity index is 1.97. The molecule has 0 aromatic heterocycles. The minimum Gasteiger partial charge on any atom is -0.487 e. The molecule has 7 heteroatoms. The molecule has 112 valence electrons. The number of ether oxygens (including phenoxy) is 2. The van der Waals surface area contributed by atoms with E-state index in [1.54, 1.807) is 18.2 Å². The summed E-state index contributed by atoms with van der Waals surface area (Å²) in [6.07, 6.45) is -4.69. The van der Waals surface area contributed by atoms with Gasteiger partial charge in [-0.05, 0) is 35.9 Å². The lowest BCUT2D eigenvalue weighted by Crippen LogP contribution is -2.17. The van der Waals surface area contributed by atoms with E-state index in [2.05, 4.69) is 20.7 Å². The Hall–Kier alpha value is -1.89. The van der Waals surface area contributed by atoms with Crippen LogP contribution in [0.3, 0.4) is 0 Å². The van der Waals surface area contributed by atoms with E-state index in [0.29, 0.717) is 17.0 Å². The minimum absolute atomic E-state index is 0.193. The summed E-state index contributed by atoms with van der Waals surface area (Å²) in [4.78, 5) is 0. The Morgan fingerprint density at radius 1 is 1.05 bits per heavy atom. The SMILES string of the molecule is Nc1cc(Br)ccc1OCc1ccc(OC(F)(F)F)cc1. The van der Waals surface area contributed by atoms with Crippen LogP contribution in [0.2, 0.25) is 0 Å². The van der Waals surface area contributed by atoms with Gasteiger partial charge in [-0.3, -0.25) is 0 Å². The fourth-order valence-electron chi connectivity index (χ4n) is 1.60. The quantitative estimate of drug-likeness (QED) is 0.814. The van der Waals surface area contributed by atoms with Crippen molar-refractivity contribution in [3.8, 4) is 11.5 Å². The van der Waals surface area contributed by atoms with Gasteiger partial charge in [-0.25, -0.2) is 0 Å². The zero-order valence-corrected chi connectivity index (χ0v) is 12.2. The zero-order valence-electron chi connectivity index (χ0n) is 10.7. The standard InChI is InChI=1S/C14H11BrF3NO2/c15-10-3-6-13(12(19)7-10)20-8-9-1-4-11(5-2-9)21-14(16,17)18/h1-7H,8,19H2. The Morgan fingerprint density at radius 3 is 2.29 bits per heavy atom. The highest BCUT2D eigenvalue weighted by Gasteiger charge is 2.30. The van der Waals surface area contributed by atoms with Crippen LogP contribution in [0.25, 0.3) is 0 Å². The molecule has 0 fully saturated rings. The fraction of sp³-hybridized carbons (Fsp3) is 0.143. The first-order valence-corrected chi connectivity index (χ1v) is 6.65. The van der Waals surface area contributed by atoms with Gasteiger partial charge in [0.05, 0.1) is 5.69 Å². The largest absolute Gasteiger partial charge is 0.573 e. The predicted octanol–water partition coefficient (Wildman–Crippen LogP) is 4.51. The molecular weight excluding hydrogens is 351 g/mol. The van der Waals surface area contributed by atoms with Crippen molar-refractivity contribution in [3.05, 3.63) is 52.5 Å². The maximum atomic E-state index is 12.0. The molecule has 0 aliphatic rings. The summed E-state index contributed by atoms with van der Waals surface area (Å²) in [7, 11) is 0. The summed E-state index contributed by atoms with van der Waals surface area (Å²) in [5.74, 6) is 0.239. The highest BCUT2D eigenvalue weighted by molar-refractivity contribution is 9.10. The van der Waals surface area contributed by atoms with Crippen LogP contribution in [-0.4, -0.2) is 6.36 Å². The number of halogens is 4. The normalized spacial score (nSPS) is 11.2. The van der Waals surface area contributed by atoms with Crippen LogP contribution in [0.5, 0.6) is 11.5 Å². The summed E-state index contributed by atoms with van der Waals surface area (Å²) < 4.78 is 46.2. The van der Waals surface area contributed by atoms with E-state index in [1.807, 2.05) is 0 Å². The molecular formula is C14H11BrF3NO2. The molecule has 0 saturated heterocycles. The van der Waals surface area contributed by atoms with Gasteiger partial charge >= 0.3 is 6.36 Å². The molecule has 0 radical (unpaired) electrons. The third-order valence-corrected chi connectivity index (χ3v) is 3.02. The molecule has 2 rings (SSSR count). The zero-order chi connectivity index (χ0) is 15.5. The van der Waals surface area contributed by atoms with E-state index in [4.69, 9.17) is 10.5 Å². The monoisotopic (exact) mass is 361 g/mol. The molecule has 0 bridgehead atoms. The number of nitrogen functional groups attached to an aromatic ring is 1. The second kappa shape index (κ2) is 6.26. The molecule has 0 spiro atoms. The van der Waals surface area contributed by atoms with Crippen LogP contribution in [0.4, 0.5) is 18.9 Å². The van der Waals surface area contributed by atoms with E-state index in [0.717, 1.165) is 4.47 Å². The lowest BCUT2D eigenvalue weighted by molar-refractivity contribution is -0.274. The molecule has 0 aliphatic heterocycles. The Bertz CT molecular complexity index is 615. The maximum Gasteiger partial charge on any atom is 0.573 e. The van der Waals surface area contributed by atoms with Gasteiger partial charge in [0.15, 0.2) is 0 Å². The van der Waals surface area contributed by atoms with Crippen LogP contribution < -0.4 is 15.2 Å². The molecule has 0 amide bonds. The number of hydrogen-bond donors (Lipinski definition) is 1. The maximum absolute atomic E-state index is 12.0. The number of alkyl halides is 3. The van der Waals surface area contributed by atoms with Gasteiger partial charge in [0.25, 0.3) is 0 Å². The van der Waals surface area contributed by atoms with E-state index >= 15 is 0 Å². The molecule has 0 heterocycles. The molecule has 3 nitrogen and oxygen atoms in total. The predicted molar refractivity (Wildman–Crippen MR) is 76.0 cm³/mol. The van der Waals surface area contributed by atoms with Crippen LogP contribution in [-0.2, 0) is 6.61 Å². The summed E-state index contributed by atoms with van der Waals surface area (Å²) >= 11 is 3.28. The third kappa shape index (κ3) is 4.86. The highest BCUT2D eigenvalue weighted by Crippen LogP contribution is 2.27. The number of nitrogens with two attached hydrogens (primary N) is 1. The van der Waals surface area contributed by atoms with Crippen molar-refractivity contribution in [2.45, 2.75) is 13.0 Å². The molecule has 0 unspecified atom stereocenters. The fourth-order valence-corrected chi connectivity index (χ4v) is 1.98. The second-order valence-corrected chi connectivity index (χ2v) is 5.08. The number of hydrogen-bond acceptors (Lipinski definition) is 3. The molecule has 0 atom stereocenters. The van der Waals surface area contributed by atoms with Crippen molar-refractivity contribution in [1.82, 2.24) is 0 Å². The first-order chi connectivity index (χ1) is 9.83. The molecule has 2 aromatic rings. The number of benzene rings is 2. The molecule has 2 aromatic carbocycles. The van der Waals surface area contributed by atoms with Crippen molar-refractivity contribution in [2.24, 2.45) is 0 Å². The summed E-state index contributed by atoms with van der Waals surface area (Å²) in [5, 5.41) is 0. The van der Waals surface area contributed by atoms with Crippen molar-refractivity contribution < 1.29 is 22.6 Å². The van der Waals surface area contributed by atoms with Crippen molar-refractivity contribution in [1.29, 1.82) is 0 Å². The molecule has 2 N–H and O–H groups in total. The average molecular weight is 362 g/mol. The van der Waals surface area contributed by atoms with Crippen LogP contribution in [0.15, 0.2) is 46.9 Å². The molecule has 0 saturated carbocycles. The topological polar surface area (TPSA) is 44.5 Å². The highest BCUT2D eigenvalue weighted by atomic mass is 79.9. The van der Waals surface area contributed by atoms with E-state index in [1.165, 1.54) is 24.3 Å². The van der Waals surface area contributed by atoms with E-state index < -0.39 is 6.36 Å². The van der Waals surface area contributed by atoms with Gasteiger partial charge in [0, 0.05) is 4.47 Å². The first kappa shape index (κ1) is 15.5. The Labute approximate surface area is 127 Å². The summed E-state index contributed by atoms with van der Waals surface area (Å²) in [5.41, 5.74) is 6.95. The first-order valence-electron chi connectivity index (χ1n) is 5.86. The Morgan fingerprint density at radius 2 is 1.71 bits per heavy atom. The van der Waals surface area contributed by atoms with Crippen molar-refractivity contribution >= 4 is 21.6 Å². The smallest absolute Gasteiger partial charge is 0.487 e. The lowest BCUT2D eigenvalue weighted by atomic mass is 10.2. The van der Waals surface area contributed by atoms with Gasteiger partial charge in [0.1, 0.15) is 18.1 Å². The second-order valence-electron chi connectivity index (χ2n) is 4.16. The van der Waals surface area contributed by atoms with Crippen molar-refractivity contribution in [2.75, 3.05) is 5.73 Å². The summed E-state index contributed by atoms with van der Waals surface area (Å²) in [6.45, 7) is 0.193. The van der Waals surface area contributed by atoms with Gasteiger partial charge in [0.2, 0.25) is 0 Å². The lowest BCUT2D eigenvalue weighted by Gasteiger charge is -2.11. The van der Waals surface area contributed by atoms with Gasteiger partial charge in [-0.2, -0.15) is 0 Å². The summed E-state index contributed by atoms with van der Waals surface area (Å²) in [6, 6.07) is 10.7. The van der Waals surface area contributed by atoms with Gasteiger partial charge in [-0.15, -0.1) is 13.2 Å². The number of rotatable bonds is 4. The molecule has 0 aliphatic carbocycles. The van der Waals surface area contributed by atoms with Crippen LogP contribution in [0, 0.1) is 0 Å². The van der Waals surface area contributed by atoms with Crippen LogP contribution >= 0.6 is 15.9 Å². The third-order valence-electron chi connectivity index (χ3n) is 2.52. The average Bonchev–Trinajstić information content (AvgIpc) is 2.38.